The van der Waals surface area contributed by atoms with Gasteiger partial charge < -0.3 is 4.90 Å². The van der Waals surface area contributed by atoms with Crippen LogP contribution in [0.2, 0.25) is 0 Å². The summed E-state index contributed by atoms with van der Waals surface area (Å²) in [5.41, 5.74) is 2.09. The molecular weight excluding hydrogens is 182 g/mol. The third-order valence-electron chi connectivity index (χ3n) is 2.51. The Hall–Kier alpha value is -1.10. The van der Waals surface area contributed by atoms with Gasteiger partial charge in [0.25, 0.3) is 0 Å². The number of amides is 2. The van der Waals surface area contributed by atoms with Crippen molar-refractivity contribution in [1.82, 2.24) is 10.3 Å². The summed E-state index contributed by atoms with van der Waals surface area (Å²) >= 11 is 0. The lowest BCUT2D eigenvalue weighted by molar-refractivity contribution is -0.129. The summed E-state index contributed by atoms with van der Waals surface area (Å²) in [6.45, 7) is 3.34. The number of hydrogen-bond acceptors (Lipinski definition) is 3. The van der Waals surface area contributed by atoms with Crippen LogP contribution in [-0.4, -0.2) is 29.8 Å². The first kappa shape index (κ1) is 11.0. The van der Waals surface area contributed by atoms with Gasteiger partial charge in [-0.1, -0.05) is 13.3 Å². The van der Waals surface area contributed by atoms with Gasteiger partial charge in [0.15, 0.2) is 0 Å². The van der Waals surface area contributed by atoms with Crippen LogP contribution in [0.1, 0.15) is 26.2 Å². The van der Waals surface area contributed by atoms with Crippen molar-refractivity contribution in [3.63, 3.8) is 0 Å². The van der Waals surface area contributed by atoms with Crippen LogP contribution in [0.25, 0.3) is 0 Å². The van der Waals surface area contributed by atoms with E-state index < -0.39 is 0 Å². The van der Waals surface area contributed by atoms with Crippen molar-refractivity contribution in [3.05, 3.63) is 0 Å². The first-order valence-electron chi connectivity index (χ1n) is 4.97. The van der Waals surface area contributed by atoms with Gasteiger partial charge in [-0.05, 0) is 6.42 Å². The normalized spacial score (nSPS) is 21.4. The topological polar surface area (TPSA) is 75.4 Å². The van der Waals surface area contributed by atoms with Crippen molar-refractivity contribution in [2.24, 2.45) is 11.8 Å². The fourth-order valence-corrected chi connectivity index (χ4v) is 1.63. The lowest BCUT2D eigenvalue weighted by Gasteiger charge is -2.15. The molecule has 1 fully saturated rings. The molecule has 1 aliphatic heterocycles. The number of carbonyl (C=O) groups excluding carboxylic acids is 2. The Morgan fingerprint density at radius 3 is 3.00 bits per heavy atom. The summed E-state index contributed by atoms with van der Waals surface area (Å²) < 4.78 is 0. The van der Waals surface area contributed by atoms with Crippen LogP contribution < -0.4 is 11.3 Å². The zero-order valence-corrected chi connectivity index (χ0v) is 8.45. The molecule has 0 aliphatic carbocycles. The molecule has 0 saturated carbocycles. The van der Waals surface area contributed by atoms with Gasteiger partial charge in [-0.15, -0.1) is 0 Å². The van der Waals surface area contributed by atoms with E-state index >= 15 is 0 Å². The van der Waals surface area contributed by atoms with E-state index in [9.17, 15) is 9.59 Å². The van der Waals surface area contributed by atoms with Gasteiger partial charge in [0, 0.05) is 19.5 Å². The minimum atomic E-state index is -0.260. The van der Waals surface area contributed by atoms with Crippen LogP contribution in [-0.2, 0) is 9.59 Å². The van der Waals surface area contributed by atoms with Crippen molar-refractivity contribution in [3.8, 4) is 0 Å². The summed E-state index contributed by atoms with van der Waals surface area (Å²) in [6.07, 6.45) is 2.34. The van der Waals surface area contributed by atoms with Gasteiger partial charge in [-0.25, -0.2) is 5.84 Å². The highest BCUT2D eigenvalue weighted by Gasteiger charge is 2.33. The number of hydrazine groups is 1. The van der Waals surface area contributed by atoms with Gasteiger partial charge in [-0.3, -0.25) is 15.0 Å². The van der Waals surface area contributed by atoms with Crippen molar-refractivity contribution in [2.45, 2.75) is 26.2 Å². The Morgan fingerprint density at radius 1 is 1.71 bits per heavy atom. The molecule has 5 heteroatoms. The van der Waals surface area contributed by atoms with Crippen LogP contribution in [0.15, 0.2) is 0 Å². The van der Waals surface area contributed by atoms with E-state index in [1.807, 2.05) is 0 Å². The maximum absolute atomic E-state index is 11.4. The third-order valence-corrected chi connectivity index (χ3v) is 2.51. The zero-order valence-electron chi connectivity index (χ0n) is 8.45. The molecule has 0 spiro atoms. The molecule has 2 amide bonds. The minimum absolute atomic E-state index is 0.0621. The Morgan fingerprint density at radius 2 is 2.43 bits per heavy atom. The van der Waals surface area contributed by atoms with Crippen molar-refractivity contribution in [1.29, 1.82) is 0 Å². The van der Waals surface area contributed by atoms with Gasteiger partial charge in [0.2, 0.25) is 11.8 Å². The van der Waals surface area contributed by atoms with E-state index in [-0.39, 0.29) is 17.7 Å². The van der Waals surface area contributed by atoms with E-state index in [4.69, 9.17) is 5.84 Å². The van der Waals surface area contributed by atoms with E-state index in [0.29, 0.717) is 13.0 Å². The van der Waals surface area contributed by atoms with Crippen LogP contribution in [0.3, 0.4) is 0 Å². The molecule has 0 aromatic heterocycles. The van der Waals surface area contributed by atoms with Crippen LogP contribution in [0, 0.1) is 5.92 Å². The molecule has 0 radical (unpaired) electrons. The average Bonchev–Trinajstić information content (AvgIpc) is 2.56. The molecule has 0 aromatic carbocycles. The molecular formula is C9H17N3O2. The Labute approximate surface area is 83.6 Å². The van der Waals surface area contributed by atoms with Crippen molar-refractivity contribution >= 4 is 11.8 Å². The number of unbranched alkanes of at least 4 members (excludes halogenated alkanes) is 1. The molecule has 1 saturated heterocycles. The molecule has 1 aliphatic rings. The van der Waals surface area contributed by atoms with Crippen molar-refractivity contribution in [2.75, 3.05) is 13.1 Å². The Kier molecular flexibility index (Phi) is 3.88. The van der Waals surface area contributed by atoms with Gasteiger partial charge >= 0.3 is 0 Å². The fourth-order valence-electron chi connectivity index (χ4n) is 1.63. The molecule has 1 atom stereocenters. The maximum Gasteiger partial charge on any atom is 0.239 e. The molecule has 0 bridgehead atoms. The SMILES string of the molecule is CCCCN1CC(C(=O)NN)CC1=O. The molecule has 3 N–H and O–H groups in total. The Balaban J connectivity index is 2.43. The number of hydrogen-bond donors (Lipinski definition) is 2. The molecule has 1 heterocycles. The number of nitrogens with one attached hydrogen (secondary N) is 1. The minimum Gasteiger partial charge on any atom is -0.342 e. The molecule has 80 valence electrons. The van der Waals surface area contributed by atoms with Gasteiger partial charge in [-0.2, -0.15) is 0 Å². The van der Waals surface area contributed by atoms with E-state index in [1.54, 1.807) is 4.90 Å². The monoisotopic (exact) mass is 199 g/mol. The second-order valence-corrected chi connectivity index (χ2v) is 3.60. The number of carbonyl (C=O) groups is 2. The quantitative estimate of drug-likeness (QED) is 0.368. The fraction of sp³-hybridized carbons (Fsp3) is 0.778. The standard InChI is InChI=1S/C9H17N3O2/c1-2-3-4-12-6-7(5-8(12)13)9(14)11-10/h7H,2-6,10H2,1H3,(H,11,14). The number of nitrogens with two attached hydrogens (primary N) is 1. The highest BCUT2D eigenvalue weighted by molar-refractivity contribution is 5.88. The predicted octanol–water partition coefficient (Wildman–Crippen LogP) is -0.375. The largest absolute Gasteiger partial charge is 0.342 e. The van der Waals surface area contributed by atoms with Crippen LogP contribution in [0.4, 0.5) is 0 Å². The van der Waals surface area contributed by atoms with Gasteiger partial charge in [0.05, 0.1) is 5.92 Å². The summed E-state index contributed by atoms with van der Waals surface area (Å²) in [6, 6.07) is 0. The second kappa shape index (κ2) is 4.95. The second-order valence-electron chi connectivity index (χ2n) is 3.60. The average molecular weight is 199 g/mol. The molecule has 0 aromatic rings. The zero-order chi connectivity index (χ0) is 10.6. The van der Waals surface area contributed by atoms with E-state index in [2.05, 4.69) is 12.3 Å². The highest BCUT2D eigenvalue weighted by atomic mass is 16.2. The summed E-state index contributed by atoms with van der Waals surface area (Å²) in [5, 5.41) is 0. The Bertz CT molecular complexity index is 230. The number of rotatable bonds is 4. The number of nitrogens with zero attached hydrogens (tertiary/aromatic N) is 1. The van der Waals surface area contributed by atoms with E-state index in [1.165, 1.54) is 0 Å². The first-order valence-corrected chi connectivity index (χ1v) is 4.97. The van der Waals surface area contributed by atoms with Crippen LogP contribution in [0.5, 0.6) is 0 Å². The summed E-state index contributed by atoms with van der Waals surface area (Å²) in [7, 11) is 0. The lowest BCUT2D eigenvalue weighted by Crippen LogP contribution is -2.37. The molecule has 1 unspecified atom stereocenters. The predicted molar refractivity (Wildman–Crippen MR) is 51.9 cm³/mol. The van der Waals surface area contributed by atoms with Crippen molar-refractivity contribution < 1.29 is 9.59 Å². The lowest BCUT2D eigenvalue weighted by atomic mass is 10.1. The maximum atomic E-state index is 11.4. The number of likely N-dealkylation sites (tertiary alicyclic amines) is 1. The highest BCUT2D eigenvalue weighted by Crippen LogP contribution is 2.17. The molecule has 14 heavy (non-hydrogen) atoms. The van der Waals surface area contributed by atoms with Gasteiger partial charge in [0.1, 0.15) is 0 Å². The molecule has 5 nitrogen and oxygen atoms in total. The van der Waals surface area contributed by atoms with Crippen LogP contribution >= 0.6 is 0 Å². The van der Waals surface area contributed by atoms with E-state index in [0.717, 1.165) is 19.4 Å². The smallest absolute Gasteiger partial charge is 0.239 e. The first-order chi connectivity index (χ1) is 6.69. The summed E-state index contributed by atoms with van der Waals surface area (Å²) in [4.78, 5) is 24.3. The molecule has 1 rings (SSSR count). The summed E-state index contributed by atoms with van der Waals surface area (Å²) in [5.74, 6) is 4.58. The third kappa shape index (κ3) is 2.45.